The summed E-state index contributed by atoms with van der Waals surface area (Å²) in [7, 11) is 3.53. The standard InChI is InChI=1S/C39H50N4O8S2.C4H9NO/c40-23-34(46)21-30(19-27-7-3-1-4-8-27)38(50)43-25-33(45)12-14-37(49)41-26-35(47)22-31(20-28-9-5-2-6-10-28)39(51)42-24-32(44)11-13-36(48)29-15-17-52-53-18-16-29;1-2-3-4(5)6/h1-10,29-31H,11-26,40H2,(H,41,49)(H,42,51)(H,43,50);2-3H2,1H3,(H2,5,6)/t30-,31-;/m1./s1. The van der Waals surface area contributed by atoms with Crippen LogP contribution in [0.3, 0.4) is 0 Å². The maximum atomic E-state index is 13.2. The van der Waals surface area contributed by atoms with E-state index in [4.69, 9.17) is 11.5 Å². The van der Waals surface area contributed by atoms with Crippen LogP contribution in [0.4, 0.5) is 0 Å². The van der Waals surface area contributed by atoms with Gasteiger partial charge in [-0.05, 0) is 43.2 Å². The topological polar surface area (TPSA) is 242 Å². The van der Waals surface area contributed by atoms with E-state index in [1.807, 2.05) is 67.6 Å². The Bertz CT molecular complexity index is 1690. The SMILES string of the molecule is CCCC(N)=O.NCC(=O)C[C@@H](Cc1ccccc1)C(=O)NCC(=O)CCC(=O)NCC(=O)C[C@@H](Cc1ccccc1)C(=O)NCC(=O)CCC(=O)C1CCSSCC1. The molecule has 7 N–H and O–H groups in total. The predicted octanol–water partition coefficient (Wildman–Crippen LogP) is 3.26. The van der Waals surface area contributed by atoms with Gasteiger partial charge >= 0.3 is 0 Å². The molecule has 1 heterocycles. The summed E-state index contributed by atoms with van der Waals surface area (Å²) in [5, 5.41) is 7.69. The van der Waals surface area contributed by atoms with E-state index < -0.39 is 41.1 Å². The van der Waals surface area contributed by atoms with Crippen molar-refractivity contribution in [2.45, 2.75) is 84.0 Å². The molecule has 0 radical (unpaired) electrons. The fourth-order valence-corrected chi connectivity index (χ4v) is 8.35. The maximum Gasteiger partial charge on any atom is 0.224 e. The number of hydrogen-bond acceptors (Lipinski definition) is 12. The first-order chi connectivity index (χ1) is 28.3. The molecule has 1 saturated heterocycles. The van der Waals surface area contributed by atoms with Gasteiger partial charge in [0.05, 0.1) is 26.2 Å². The lowest BCUT2D eigenvalue weighted by molar-refractivity contribution is -0.131. The van der Waals surface area contributed by atoms with Crippen molar-refractivity contribution in [1.29, 1.82) is 0 Å². The summed E-state index contributed by atoms with van der Waals surface area (Å²) in [5.41, 5.74) is 11.9. The van der Waals surface area contributed by atoms with Gasteiger partial charge in [-0.3, -0.25) is 43.2 Å². The zero-order valence-corrected chi connectivity index (χ0v) is 35.5. The van der Waals surface area contributed by atoms with Gasteiger partial charge in [0.1, 0.15) is 11.6 Å². The molecule has 0 saturated carbocycles. The van der Waals surface area contributed by atoms with Crippen molar-refractivity contribution < 1.29 is 43.2 Å². The van der Waals surface area contributed by atoms with Crippen LogP contribution in [-0.4, -0.2) is 90.2 Å². The molecule has 2 aromatic carbocycles. The van der Waals surface area contributed by atoms with Gasteiger partial charge in [0.2, 0.25) is 23.6 Å². The molecule has 59 heavy (non-hydrogen) atoms. The minimum Gasteiger partial charge on any atom is -0.370 e. The van der Waals surface area contributed by atoms with E-state index in [0.717, 1.165) is 41.9 Å². The van der Waals surface area contributed by atoms with Gasteiger partial charge in [0.15, 0.2) is 17.3 Å². The van der Waals surface area contributed by atoms with E-state index in [1.165, 1.54) is 0 Å². The summed E-state index contributed by atoms with van der Waals surface area (Å²) < 4.78 is 0. The number of nitrogens with one attached hydrogen (secondary N) is 3. The van der Waals surface area contributed by atoms with Crippen LogP contribution >= 0.6 is 21.6 Å². The van der Waals surface area contributed by atoms with E-state index in [1.54, 1.807) is 21.6 Å². The van der Waals surface area contributed by atoms with Crippen LogP contribution in [0.2, 0.25) is 0 Å². The molecular weight excluding hydrogens is 795 g/mol. The molecule has 322 valence electrons. The van der Waals surface area contributed by atoms with Gasteiger partial charge in [-0.15, -0.1) is 0 Å². The fraction of sp³-hybridized carbons (Fsp3) is 0.512. The number of hydrogen-bond donors (Lipinski definition) is 5. The van der Waals surface area contributed by atoms with Crippen molar-refractivity contribution in [2.75, 3.05) is 37.7 Å². The number of amides is 4. The molecule has 0 unspecified atom stereocenters. The number of ketones is 5. The van der Waals surface area contributed by atoms with Crippen LogP contribution < -0.4 is 27.4 Å². The highest BCUT2D eigenvalue weighted by atomic mass is 33.1. The predicted molar refractivity (Wildman–Crippen MR) is 230 cm³/mol. The molecule has 2 atom stereocenters. The number of nitrogens with two attached hydrogens (primary N) is 2. The Kier molecular flexibility index (Phi) is 25.3. The number of rotatable bonds is 26. The highest BCUT2D eigenvalue weighted by molar-refractivity contribution is 8.76. The second kappa shape index (κ2) is 29.5. The first kappa shape index (κ1) is 50.5. The van der Waals surface area contributed by atoms with E-state index >= 15 is 0 Å². The molecular formula is C43H59N5O9S2. The monoisotopic (exact) mass is 853 g/mol. The summed E-state index contributed by atoms with van der Waals surface area (Å²) in [6.45, 7) is 0.816. The van der Waals surface area contributed by atoms with Crippen LogP contribution in [0.5, 0.6) is 0 Å². The summed E-state index contributed by atoms with van der Waals surface area (Å²) in [6, 6.07) is 18.3. The fourth-order valence-electron chi connectivity index (χ4n) is 6.07. The van der Waals surface area contributed by atoms with Crippen LogP contribution in [0.15, 0.2) is 60.7 Å². The van der Waals surface area contributed by atoms with Crippen LogP contribution in [-0.2, 0) is 56.0 Å². The Labute approximate surface area is 354 Å². The lowest BCUT2D eigenvalue weighted by Crippen LogP contribution is -2.38. The number of benzene rings is 2. The largest absolute Gasteiger partial charge is 0.370 e. The summed E-state index contributed by atoms with van der Waals surface area (Å²) in [5.74, 6) is -2.64. The lowest BCUT2D eigenvalue weighted by atomic mass is 9.93. The maximum absolute atomic E-state index is 13.2. The van der Waals surface area contributed by atoms with Crippen molar-refractivity contribution in [2.24, 2.45) is 29.2 Å². The van der Waals surface area contributed by atoms with Crippen LogP contribution in [0.25, 0.3) is 0 Å². The molecule has 3 rings (SSSR count). The van der Waals surface area contributed by atoms with Gasteiger partial charge in [-0.25, -0.2) is 0 Å². The Hall–Kier alpha value is -4.67. The molecule has 0 bridgehead atoms. The third-order valence-electron chi connectivity index (χ3n) is 9.39. The highest BCUT2D eigenvalue weighted by Gasteiger charge is 2.25. The molecule has 0 aliphatic carbocycles. The first-order valence-electron chi connectivity index (χ1n) is 20.0. The Morgan fingerprint density at radius 3 is 1.51 bits per heavy atom. The molecule has 16 heteroatoms. The van der Waals surface area contributed by atoms with Crippen molar-refractivity contribution in [3.63, 3.8) is 0 Å². The molecule has 0 aromatic heterocycles. The molecule has 0 spiro atoms. The number of primary amides is 1. The highest BCUT2D eigenvalue weighted by Crippen LogP contribution is 2.32. The normalized spacial score (nSPS) is 13.6. The Morgan fingerprint density at radius 1 is 0.610 bits per heavy atom. The molecule has 1 fully saturated rings. The minimum atomic E-state index is -0.798. The van der Waals surface area contributed by atoms with Gasteiger partial charge in [0.25, 0.3) is 0 Å². The average Bonchev–Trinajstić information content (AvgIpc) is 3.53. The van der Waals surface area contributed by atoms with Gasteiger partial charge in [0, 0.05) is 74.2 Å². The quantitative estimate of drug-likeness (QED) is 0.0858. The lowest BCUT2D eigenvalue weighted by Gasteiger charge is -2.17. The van der Waals surface area contributed by atoms with Gasteiger partial charge < -0.3 is 27.4 Å². The van der Waals surface area contributed by atoms with E-state index in [2.05, 4.69) is 16.0 Å². The van der Waals surface area contributed by atoms with E-state index in [9.17, 15) is 43.2 Å². The minimum absolute atomic E-state index is 0.0287. The van der Waals surface area contributed by atoms with Crippen LogP contribution in [0, 0.1) is 17.8 Å². The Balaban J connectivity index is 0.00000185. The number of Topliss-reactive ketones (excluding diaryl/α,β-unsaturated/α-hetero) is 5. The van der Waals surface area contributed by atoms with Crippen molar-refractivity contribution in [1.82, 2.24) is 16.0 Å². The second-order valence-corrected chi connectivity index (χ2v) is 17.1. The van der Waals surface area contributed by atoms with Crippen molar-refractivity contribution in [3.8, 4) is 0 Å². The van der Waals surface area contributed by atoms with Gasteiger partial charge in [-0.2, -0.15) is 0 Å². The van der Waals surface area contributed by atoms with Crippen LogP contribution in [0.1, 0.15) is 82.3 Å². The summed E-state index contributed by atoms with van der Waals surface area (Å²) in [4.78, 5) is 111. The van der Waals surface area contributed by atoms with Crippen molar-refractivity contribution >= 4 is 74.1 Å². The first-order valence-corrected chi connectivity index (χ1v) is 22.5. The summed E-state index contributed by atoms with van der Waals surface area (Å²) in [6.07, 6.45) is 3.09. The third kappa shape index (κ3) is 22.9. The molecule has 1 aliphatic rings. The second-order valence-electron chi connectivity index (χ2n) is 14.4. The molecule has 2 aromatic rings. The number of carbonyl (C=O) groups excluding carboxylic acids is 9. The zero-order valence-electron chi connectivity index (χ0n) is 33.9. The average molecular weight is 854 g/mol. The molecule has 14 nitrogen and oxygen atoms in total. The van der Waals surface area contributed by atoms with Gasteiger partial charge in [-0.1, -0.05) is 89.2 Å². The molecule has 1 aliphatic heterocycles. The smallest absolute Gasteiger partial charge is 0.224 e. The van der Waals surface area contributed by atoms with E-state index in [-0.39, 0.29) is 100 Å². The summed E-state index contributed by atoms with van der Waals surface area (Å²) >= 11 is 0. The molecule has 4 amide bonds. The Morgan fingerprint density at radius 2 is 1.07 bits per heavy atom. The number of carbonyl (C=O) groups is 9. The zero-order chi connectivity index (χ0) is 43.4. The third-order valence-corrected chi connectivity index (χ3v) is 11.9. The van der Waals surface area contributed by atoms with Crippen molar-refractivity contribution in [3.05, 3.63) is 71.8 Å². The van der Waals surface area contributed by atoms with E-state index in [0.29, 0.717) is 12.8 Å².